The third kappa shape index (κ3) is 5.75. The maximum Gasteiger partial charge on any atom is 0.318 e. The van der Waals surface area contributed by atoms with Gasteiger partial charge in [-0.25, -0.2) is 4.79 Å². The van der Waals surface area contributed by atoms with Crippen molar-refractivity contribution in [2.45, 2.75) is 38.4 Å². The summed E-state index contributed by atoms with van der Waals surface area (Å²) in [6.07, 6.45) is 3.12. The van der Waals surface area contributed by atoms with Gasteiger partial charge >= 0.3 is 12.0 Å². The highest BCUT2D eigenvalue weighted by atomic mass is 16.5. The Hall–Kier alpha value is -2.06. The summed E-state index contributed by atoms with van der Waals surface area (Å²) in [6, 6.07) is 3.75. The number of methoxy groups -OCH3 is 1. The summed E-state index contributed by atoms with van der Waals surface area (Å²) in [5, 5.41) is 11.9. The maximum absolute atomic E-state index is 12.5. The Bertz CT molecular complexity index is 542. The zero-order valence-corrected chi connectivity index (χ0v) is 14.8. The molecule has 0 unspecified atom stereocenters. The minimum absolute atomic E-state index is 0.0420. The fourth-order valence-corrected chi connectivity index (χ4v) is 2.99. The summed E-state index contributed by atoms with van der Waals surface area (Å²) in [6.45, 7) is 3.99. The van der Waals surface area contributed by atoms with Crippen molar-refractivity contribution in [3.05, 3.63) is 24.2 Å². The molecule has 0 spiro atoms. The smallest absolute Gasteiger partial charge is 0.318 e. The maximum atomic E-state index is 12.5. The standard InChI is InChI=1S/C17H27N3O5/c1-3-19(12-16(21)22)14-9-13(10-14)18-17(23)20(6-8-24-2)11-15-5-4-7-25-15/h4-5,7,13-14H,3,6,8-12H2,1-2H3,(H,18,23)(H,21,22). The predicted molar refractivity (Wildman–Crippen MR) is 91.2 cm³/mol. The minimum atomic E-state index is -0.821. The van der Waals surface area contributed by atoms with Crippen molar-refractivity contribution in [3.63, 3.8) is 0 Å². The molecule has 8 heteroatoms. The van der Waals surface area contributed by atoms with Gasteiger partial charge in [0.25, 0.3) is 0 Å². The van der Waals surface area contributed by atoms with Crippen LogP contribution in [0.5, 0.6) is 0 Å². The number of nitrogens with zero attached hydrogens (tertiary/aromatic N) is 2. The van der Waals surface area contributed by atoms with Crippen LogP contribution in [-0.2, 0) is 16.1 Å². The van der Waals surface area contributed by atoms with Gasteiger partial charge in [0.15, 0.2) is 0 Å². The van der Waals surface area contributed by atoms with E-state index in [-0.39, 0.29) is 24.7 Å². The molecular formula is C17H27N3O5. The Balaban J connectivity index is 1.81. The SMILES string of the molecule is CCN(CC(=O)O)C1CC(NC(=O)N(CCOC)Cc2ccco2)C1. The second-order valence-corrected chi connectivity index (χ2v) is 6.22. The molecule has 1 aliphatic rings. The van der Waals surface area contributed by atoms with Crippen molar-refractivity contribution < 1.29 is 23.8 Å². The van der Waals surface area contributed by atoms with E-state index in [2.05, 4.69) is 5.32 Å². The van der Waals surface area contributed by atoms with Crippen LogP contribution in [0.2, 0.25) is 0 Å². The van der Waals surface area contributed by atoms with Crippen molar-refractivity contribution in [1.82, 2.24) is 15.1 Å². The number of carboxylic acid groups (broad SMARTS) is 1. The molecule has 2 amide bonds. The van der Waals surface area contributed by atoms with Gasteiger partial charge in [0.2, 0.25) is 0 Å². The molecule has 25 heavy (non-hydrogen) atoms. The molecule has 140 valence electrons. The van der Waals surface area contributed by atoms with Crippen LogP contribution in [0.15, 0.2) is 22.8 Å². The highest BCUT2D eigenvalue weighted by molar-refractivity contribution is 5.74. The second kappa shape index (κ2) is 9.43. The number of carbonyl (C=O) groups is 2. The van der Waals surface area contributed by atoms with E-state index >= 15 is 0 Å². The van der Waals surface area contributed by atoms with Crippen molar-refractivity contribution in [2.75, 3.05) is 33.4 Å². The van der Waals surface area contributed by atoms with E-state index in [9.17, 15) is 9.59 Å². The number of hydrogen-bond acceptors (Lipinski definition) is 5. The number of nitrogens with one attached hydrogen (secondary N) is 1. The van der Waals surface area contributed by atoms with Gasteiger partial charge < -0.3 is 24.5 Å². The number of carbonyl (C=O) groups excluding carboxylic acids is 1. The van der Waals surface area contributed by atoms with Crippen molar-refractivity contribution in [1.29, 1.82) is 0 Å². The highest BCUT2D eigenvalue weighted by Gasteiger charge is 2.35. The topological polar surface area (TPSA) is 95.3 Å². The first-order valence-electron chi connectivity index (χ1n) is 8.56. The number of urea groups is 1. The zero-order valence-electron chi connectivity index (χ0n) is 14.8. The summed E-state index contributed by atoms with van der Waals surface area (Å²) >= 11 is 0. The van der Waals surface area contributed by atoms with E-state index < -0.39 is 5.97 Å². The normalized spacial score (nSPS) is 19.5. The fraction of sp³-hybridized carbons (Fsp3) is 0.647. The van der Waals surface area contributed by atoms with Gasteiger partial charge in [-0.2, -0.15) is 0 Å². The first-order chi connectivity index (χ1) is 12.0. The van der Waals surface area contributed by atoms with Gasteiger partial charge in [0, 0.05) is 25.7 Å². The number of furan rings is 1. The summed E-state index contributed by atoms with van der Waals surface area (Å²) in [4.78, 5) is 27.0. The van der Waals surface area contributed by atoms with Crippen LogP contribution in [0, 0.1) is 0 Å². The second-order valence-electron chi connectivity index (χ2n) is 6.22. The van der Waals surface area contributed by atoms with Crippen molar-refractivity contribution in [3.8, 4) is 0 Å². The van der Waals surface area contributed by atoms with Crippen LogP contribution in [0.1, 0.15) is 25.5 Å². The monoisotopic (exact) mass is 353 g/mol. The lowest BCUT2D eigenvalue weighted by atomic mass is 9.85. The Morgan fingerprint density at radius 2 is 2.20 bits per heavy atom. The molecule has 1 aromatic rings. The van der Waals surface area contributed by atoms with Crippen molar-refractivity contribution in [2.24, 2.45) is 0 Å². The van der Waals surface area contributed by atoms with Gasteiger partial charge in [-0.3, -0.25) is 9.69 Å². The summed E-state index contributed by atoms with van der Waals surface area (Å²) in [7, 11) is 1.60. The van der Waals surface area contributed by atoms with Gasteiger partial charge in [-0.15, -0.1) is 0 Å². The summed E-state index contributed by atoms with van der Waals surface area (Å²) in [5.41, 5.74) is 0. The molecule has 8 nitrogen and oxygen atoms in total. The van der Waals surface area contributed by atoms with E-state index in [4.69, 9.17) is 14.3 Å². The number of hydrogen-bond donors (Lipinski definition) is 2. The highest BCUT2D eigenvalue weighted by Crippen LogP contribution is 2.25. The number of ether oxygens (including phenoxy) is 1. The first-order valence-corrected chi connectivity index (χ1v) is 8.56. The average Bonchev–Trinajstić information content (AvgIpc) is 3.05. The minimum Gasteiger partial charge on any atom is -0.480 e. The molecular weight excluding hydrogens is 326 g/mol. The van der Waals surface area contributed by atoms with E-state index in [1.165, 1.54) is 0 Å². The Labute approximate surface area is 147 Å². The first kappa shape index (κ1) is 19.3. The van der Waals surface area contributed by atoms with E-state index in [0.717, 1.165) is 18.6 Å². The number of amides is 2. The Morgan fingerprint density at radius 3 is 2.76 bits per heavy atom. The fourth-order valence-electron chi connectivity index (χ4n) is 2.99. The molecule has 0 bridgehead atoms. The molecule has 1 saturated carbocycles. The number of aliphatic carboxylic acids is 1. The van der Waals surface area contributed by atoms with Gasteiger partial charge in [0.1, 0.15) is 5.76 Å². The lowest BCUT2D eigenvalue weighted by Gasteiger charge is -2.42. The van der Waals surface area contributed by atoms with E-state index in [0.29, 0.717) is 26.2 Å². The third-order valence-electron chi connectivity index (χ3n) is 4.48. The predicted octanol–water partition coefficient (Wildman–Crippen LogP) is 1.38. The number of carboxylic acids is 1. The quantitative estimate of drug-likeness (QED) is 0.660. The lowest BCUT2D eigenvalue weighted by molar-refractivity contribution is -0.139. The van der Waals surface area contributed by atoms with Crippen LogP contribution in [0.25, 0.3) is 0 Å². The van der Waals surface area contributed by atoms with Gasteiger partial charge in [-0.05, 0) is 31.5 Å². The Morgan fingerprint density at radius 1 is 1.44 bits per heavy atom. The van der Waals surface area contributed by atoms with Crippen LogP contribution in [0.4, 0.5) is 4.79 Å². The van der Waals surface area contributed by atoms with Crippen molar-refractivity contribution >= 4 is 12.0 Å². The molecule has 1 aromatic heterocycles. The molecule has 2 N–H and O–H groups in total. The molecule has 0 atom stereocenters. The number of rotatable bonds is 10. The molecule has 0 aromatic carbocycles. The van der Waals surface area contributed by atoms with Crippen LogP contribution >= 0.6 is 0 Å². The van der Waals surface area contributed by atoms with Gasteiger partial charge in [0.05, 0.1) is 26.0 Å². The molecule has 1 aliphatic carbocycles. The third-order valence-corrected chi connectivity index (χ3v) is 4.48. The average molecular weight is 353 g/mol. The molecule has 0 saturated heterocycles. The zero-order chi connectivity index (χ0) is 18.2. The molecule has 0 aliphatic heterocycles. The largest absolute Gasteiger partial charge is 0.480 e. The molecule has 0 radical (unpaired) electrons. The Kier molecular flexibility index (Phi) is 7.27. The van der Waals surface area contributed by atoms with E-state index in [1.807, 2.05) is 17.9 Å². The van der Waals surface area contributed by atoms with Gasteiger partial charge in [-0.1, -0.05) is 6.92 Å². The van der Waals surface area contributed by atoms with Crippen LogP contribution in [-0.4, -0.2) is 72.3 Å². The van der Waals surface area contributed by atoms with Crippen LogP contribution < -0.4 is 5.32 Å². The molecule has 1 fully saturated rings. The summed E-state index contributed by atoms with van der Waals surface area (Å²) < 4.78 is 10.4. The number of likely N-dealkylation sites (N-methyl/N-ethyl adjacent to an activating group) is 1. The summed E-state index contributed by atoms with van der Waals surface area (Å²) in [5.74, 6) is -0.102. The lowest BCUT2D eigenvalue weighted by Crippen LogP contribution is -2.57. The van der Waals surface area contributed by atoms with Crippen LogP contribution in [0.3, 0.4) is 0 Å². The molecule has 2 rings (SSSR count). The molecule has 1 heterocycles. The van der Waals surface area contributed by atoms with E-state index in [1.54, 1.807) is 24.3 Å².